The molecule has 2 heterocycles. The van der Waals surface area contributed by atoms with E-state index >= 15 is 0 Å². The highest BCUT2D eigenvalue weighted by atomic mass is 15.1. The maximum absolute atomic E-state index is 2.28. The van der Waals surface area contributed by atoms with Gasteiger partial charge in [0.2, 0.25) is 0 Å². The zero-order chi connectivity index (χ0) is 8.84. The first kappa shape index (κ1) is 6.89. The van der Waals surface area contributed by atoms with Crippen LogP contribution >= 0.6 is 0 Å². The second kappa shape index (κ2) is 2.22. The number of fused-ring (bicyclic) bond motifs is 3. The quantitative estimate of drug-likeness (QED) is 0.451. The molecule has 0 atom stereocenters. The van der Waals surface area contributed by atoms with Crippen molar-refractivity contribution < 1.29 is 4.57 Å². The van der Waals surface area contributed by atoms with E-state index in [1.54, 1.807) is 0 Å². The maximum Gasteiger partial charge on any atom is 0.289 e. The Balaban J connectivity index is 2.35. The molecule has 0 spiro atoms. The number of rotatable bonds is 0. The van der Waals surface area contributed by atoms with Crippen LogP contribution in [0.1, 0.15) is 5.56 Å². The van der Waals surface area contributed by atoms with Crippen LogP contribution in [-0.2, 0) is 13.6 Å². The van der Waals surface area contributed by atoms with E-state index in [2.05, 4.69) is 52.8 Å². The summed E-state index contributed by atoms with van der Waals surface area (Å²) in [4.78, 5) is 0. The molecular weight excluding hydrogens is 160 g/mol. The maximum atomic E-state index is 2.28. The highest BCUT2D eigenvalue weighted by Gasteiger charge is 2.26. The van der Waals surface area contributed by atoms with Crippen molar-refractivity contribution in [1.29, 1.82) is 0 Å². The van der Waals surface area contributed by atoms with Crippen molar-refractivity contribution in [1.82, 2.24) is 4.57 Å². The number of imidazole rings is 1. The molecule has 0 amide bonds. The molecule has 0 fully saturated rings. The summed E-state index contributed by atoms with van der Waals surface area (Å²) in [5.41, 5.74) is 2.80. The van der Waals surface area contributed by atoms with E-state index in [-0.39, 0.29) is 0 Å². The molecule has 0 radical (unpaired) electrons. The summed E-state index contributed by atoms with van der Waals surface area (Å²) in [7, 11) is 2.09. The first-order valence-corrected chi connectivity index (χ1v) is 4.49. The summed E-state index contributed by atoms with van der Waals surface area (Å²) in [6.07, 6.45) is 4.24. The molecule has 3 rings (SSSR count). The number of benzene rings is 1. The van der Waals surface area contributed by atoms with Crippen molar-refractivity contribution in [3.8, 4) is 11.4 Å². The van der Waals surface area contributed by atoms with E-state index < -0.39 is 0 Å². The van der Waals surface area contributed by atoms with E-state index in [1.807, 2.05) is 0 Å². The fourth-order valence-corrected chi connectivity index (χ4v) is 2.06. The first-order chi connectivity index (χ1) is 6.36. The summed E-state index contributed by atoms with van der Waals surface area (Å²) in [6.45, 7) is 1.02. The first-order valence-electron chi connectivity index (χ1n) is 4.49. The van der Waals surface area contributed by atoms with Gasteiger partial charge in [0.1, 0.15) is 18.9 Å². The monoisotopic (exact) mass is 171 g/mol. The molecule has 1 aliphatic rings. The lowest BCUT2D eigenvalue weighted by atomic mass is 10.1. The minimum Gasteiger partial charge on any atom is -0.233 e. The van der Waals surface area contributed by atoms with E-state index in [1.165, 1.54) is 17.0 Å². The Bertz CT molecular complexity index is 469. The van der Waals surface area contributed by atoms with Gasteiger partial charge in [0.05, 0.1) is 12.6 Å². The topological polar surface area (TPSA) is 8.81 Å². The smallest absolute Gasteiger partial charge is 0.233 e. The summed E-state index contributed by atoms with van der Waals surface area (Å²) in [5.74, 6) is 1.32. The second-order valence-corrected chi connectivity index (χ2v) is 3.52. The molecule has 2 aromatic rings. The molecule has 0 aliphatic carbocycles. The van der Waals surface area contributed by atoms with Crippen LogP contribution in [0.15, 0.2) is 36.7 Å². The number of aromatic nitrogens is 2. The Morgan fingerprint density at radius 2 is 2.15 bits per heavy atom. The molecule has 1 aromatic heterocycles. The van der Waals surface area contributed by atoms with Crippen LogP contribution in [0.3, 0.4) is 0 Å². The largest absolute Gasteiger partial charge is 0.289 e. The lowest BCUT2D eigenvalue weighted by Gasteiger charge is -1.92. The summed E-state index contributed by atoms with van der Waals surface area (Å²) >= 11 is 0. The van der Waals surface area contributed by atoms with Gasteiger partial charge in [-0.05, 0) is 6.07 Å². The highest BCUT2D eigenvalue weighted by molar-refractivity contribution is 5.62. The minimum atomic E-state index is 1.02. The van der Waals surface area contributed by atoms with Crippen molar-refractivity contribution in [2.24, 2.45) is 7.05 Å². The SMILES string of the molecule is C[n+]1ccn2c1-c1ccccc1C2. The summed E-state index contributed by atoms with van der Waals surface area (Å²) in [5, 5.41) is 0. The van der Waals surface area contributed by atoms with Gasteiger partial charge < -0.3 is 0 Å². The number of hydrogen-bond donors (Lipinski definition) is 0. The standard InChI is InChI=1S/C11H11N2/c1-12-6-7-13-8-9-4-2-3-5-10(9)11(12)13/h2-7H,8H2,1H3/q+1. The fourth-order valence-electron chi connectivity index (χ4n) is 2.06. The summed E-state index contributed by atoms with van der Waals surface area (Å²) < 4.78 is 4.45. The van der Waals surface area contributed by atoms with E-state index in [0.717, 1.165) is 6.54 Å². The van der Waals surface area contributed by atoms with Crippen LogP contribution in [-0.4, -0.2) is 4.57 Å². The van der Waals surface area contributed by atoms with Gasteiger partial charge in [0, 0.05) is 5.56 Å². The van der Waals surface area contributed by atoms with Gasteiger partial charge in [0.25, 0.3) is 5.82 Å². The van der Waals surface area contributed by atoms with E-state index in [0.29, 0.717) is 0 Å². The summed E-state index contributed by atoms with van der Waals surface area (Å²) in [6, 6.07) is 8.59. The Labute approximate surface area is 77.1 Å². The van der Waals surface area contributed by atoms with Gasteiger partial charge in [-0.1, -0.05) is 18.2 Å². The van der Waals surface area contributed by atoms with Crippen molar-refractivity contribution in [2.75, 3.05) is 0 Å². The Hall–Kier alpha value is -1.57. The minimum absolute atomic E-state index is 1.02. The van der Waals surface area contributed by atoms with Crippen LogP contribution in [0.25, 0.3) is 11.4 Å². The van der Waals surface area contributed by atoms with Crippen LogP contribution < -0.4 is 4.57 Å². The fraction of sp³-hybridized carbons (Fsp3) is 0.182. The van der Waals surface area contributed by atoms with Crippen LogP contribution in [0.5, 0.6) is 0 Å². The molecule has 0 saturated heterocycles. The molecule has 13 heavy (non-hydrogen) atoms. The molecule has 0 N–H and O–H groups in total. The molecular formula is C11H11N2+. The van der Waals surface area contributed by atoms with Crippen LogP contribution in [0.4, 0.5) is 0 Å². The van der Waals surface area contributed by atoms with Gasteiger partial charge in [-0.25, -0.2) is 9.13 Å². The lowest BCUT2D eigenvalue weighted by molar-refractivity contribution is -0.659. The van der Waals surface area contributed by atoms with Crippen LogP contribution in [0, 0.1) is 0 Å². The average Bonchev–Trinajstić information content (AvgIpc) is 2.66. The third-order valence-electron chi connectivity index (χ3n) is 2.68. The van der Waals surface area contributed by atoms with Crippen molar-refractivity contribution in [3.63, 3.8) is 0 Å². The predicted molar refractivity (Wildman–Crippen MR) is 50.1 cm³/mol. The third-order valence-corrected chi connectivity index (χ3v) is 2.68. The molecule has 1 aliphatic heterocycles. The van der Waals surface area contributed by atoms with E-state index in [4.69, 9.17) is 0 Å². The van der Waals surface area contributed by atoms with Crippen molar-refractivity contribution >= 4 is 0 Å². The third kappa shape index (κ3) is 0.800. The molecule has 64 valence electrons. The van der Waals surface area contributed by atoms with Gasteiger partial charge in [-0.2, -0.15) is 0 Å². The van der Waals surface area contributed by atoms with Crippen molar-refractivity contribution in [2.45, 2.75) is 6.54 Å². The molecule has 0 saturated carbocycles. The zero-order valence-electron chi connectivity index (χ0n) is 7.57. The molecule has 2 nitrogen and oxygen atoms in total. The van der Waals surface area contributed by atoms with Gasteiger partial charge in [0.15, 0.2) is 0 Å². The molecule has 0 unspecified atom stereocenters. The number of aryl methyl sites for hydroxylation is 1. The van der Waals surface area contributed by atoms with Crippen LogP contribution in [0.2, 0.25) is 0 Å². The Morgan fingerprint density at radius 3 is 3.08 bits per heavy atom. The Morgan fingerprint density at radius 1 is 1.31 bits per heavy atom. The normalized spacial score (nSPS) is 12.7. The molecule has 1 aromatic carbocycles. The Kier molecular flexibility index (Phi) is 1.18. The van der Waals surface area contributed by atoms with Gasteiger partial charge >= 0.3 is 0 Å². The number of nitrogens with zero attached hydrogens (tertiary/aromatic N) is 2. The van der Waals surface area contributed by atoms with Gasteiger partial charge in [-0.15, -0.1) is 0 Å². The second-order valence-electron chi connectivity index (χ2n) is 3.52. The number of hydrogen-bond acceptors (Lipinski definition) is 0. The molecule has 2 heteroatoms. The van der Waals surface area contributed by atoms with Gasteiger partial charge in [-0.3, -0.25) is 0 Å². The highest BCUT2D eigenvalue weighted by Crippen LogP contribution is 2.28. The van der Waals surface area contributed by atoms with Crippen molar-refractivity contribution in [3.05, 3.63) is 42.2 Å². The predicted octanol–water partition coefficient (Wildman–Crippen LogP) is 1.34. The molecule has 0 bridgehead atoms. The lowest BCUT2D eigenvalue weighted by Crippen LogP contribution is -2.27. The average molecular weight is 171 g/mol. The zero-order valence-corrected chi connectivity index (χ0v) is 7.57. The van der Waals surface area contributed by atoms with E-state index in [9.17, 15) is 0 Å².